The summed E-state index contributed by atoms with van der Waals surface area (Å²) in [4.78, 5) is 23.0. The summed E-state index contributed by atoms with van der Waals surface area (Å²) >= 11 is 0.946. The van der Waals surface area contributed by atoms with Gasteiger partial charge < -0.3 is 4.74 Å². The largest absolute Gasteiger partial charge is 0.466 e. The zero-order chi connectivity index (χ0) is 17.8. The molecule has 1 N–H and O–H groups in total. The quantitative estimate of drug-likeness (QED) is 0.396. The molecule has 1 fully saturated rings. The normalized spacial score (nSPS) is 17.6. The maximum absolute atomic E-state index is 14.4. The zero-order valence-electron chi connectivity index (χ0n) is 13.0. The van der Waals surface area contributed by atoms with Crippen LogP contribution in [0.3, 0.4) is 0 Å². The van der Waals surface area contributed by atoms with E-state index in [4.69, 9.17) is 0 Å². The van der Waals surface area contributed by atoms with Crippen LogP contribution < -0.4 is 5.32 Å². The minimum absolute atomic E-state index is 0.151. The molecule has 25 heavy (non-hydrogen) atoms. The number of ether oxygens (including phenoxy) is 1. The third-order valence-corrected chi connectivity index (χ3v) is 4.24. The van der Waals surface area contributed by atoms with Gasteiger partial charge in [-0.1, -0.05) is 30.3 Å². The van der Waals surface area contributed by atoms with Gasteiger partial charge in [-0.2, -0.15) is 5.10 Å². The molecule has 126 valence electrons. The average Bonchev–Trinajstić information content (AvgIpc) is 2.96. The predicted molar refractivity (Wildman–Crippen MR) is 94.8 cm³/mol. The molecule has 0 unspecified atom stereocenters. The zero-order valence-corrected chi connectivity index (χ0v) is 13.8. The van der Waals surface area contributed by atoms with Gasteiger partial charge in [-0.25, -0.2) is 9.18 Å². The molecule has 1 aliphatic rings. The van der Waals surface area contributed by atoms with E-state index < -0.39 is 17.7 Å². The highest BCUT2D eigenvalue weighted by Gasteiger charge is 2.25. The number of nitrogens with zero attached hydrogens (tertiary/aromatic N) is 2. The van der Waals surface area contributed by atoms with Crippen LogP contribution in [0.4, 0.5) is 4.39 Å². The number of fused-ring (bicyclic) bond motifs is 1. The number of amides is 1. The number of nitrogens with one attached hydrogen (secondary N) is 1. The first-order chi connectivity index (χ1) is 12.1. The maximum Gasteiger partial charge on any atom is 0.331 e. The Labute approximate surface area is 146 Å². The van der Waals surface area contributed by atoms with Crippen LogP contribution in [-0.4, -0.2) is 30.4 Å². The summed E-state index contributed by atoms with van der Waals surface area (Å²) < 4.78 is 18.9. The Morgan fingerprint density at radius 3 is 2.88 bits per heavy atom. The van der Waals surface area contributed by atoms with Gasteiger partial charge in [0.15, 0.2) is 5.17 Å². The Hall–Kier alpha value is -3.00. The molecule has 1 saturated heterocycles. The molecule has 0 bridgehead atoms. The van der Waals surface area contributed by atoms with Crippen molar-refractivity contribution < 1.29 is 18.7 Å². The van der Waals surface area contributed by atoms with E-state index in [1.54, 1.807) is 24.3 Å². The molecule has 1 aliphatic heterocycles. The third kappa shape index (κ3) is 3.74. The standard InChI is InChI=1S/C17H12FN3O3S/c1-24-14(22)8-13-16(23)20-17(25-13)21-19-9-11-7-6-10-4-2-3-5-12(10)15(11)18/h2-9H,1H3,(H,20,21,23)/b13-8+,19-9?. The number of methoxy groups -OCH3 is 1. The molecule has 0 aliphatic carbocycles. The van der Waals surface area contributed by atoms with Crippen molar-refractivity contribution in [2.24, 2.45) is 10.2 Å². The SMILES string of the molecule is COC(=O)/C=C1/S/C(=N\N=Cc2ccc3ccccc3c2F)NC1=O. The van der Waals surface area contributed by atoms with Crippen molar-refractivity contribution in [3.05, 3.63) is 58.8 Å². The van der Waals surface area contributed by atoms with Gasteiger partial charge in [-0.15, -0.1) is 5.10 Å². The first-order valence-electron chi connectivity index (χ1n) is 7.15. The van der Waals surface area contributed by atoms with E-state index in [2.05, 4.69) is 20.3 Å². The molecule has 0 atom stereocenters. The van der Waals surface area contributed by atoms with Crippen molar-refractivity contribution in [2.75, 3.05) is 7.11 Å². The molecule has 6 nitrogen and oxygen atoms in total. The van der Waals surface area contributed by atoms with Gasteiger partial charge in [0.2, 0.25) is 0 Å². The average molecular weight is 357 g/mol. The van der Waals surface area contributed by atoms with Gasteiger partial charge >= 0.3 is 5.97 Å². The van der Waals surface area contributed by atoms with Crippen LogP contribution in [0.1, 0.15) is 5.56 Å². The van der Waals surface area contributed by atoms with Crippen molar-refractivity contribution in [1.29, 1.82) is 0 Å². The van der Waals surface area contributed by atoms with Gasteiger partial charge in [-0.05, 0) is 23.2 Å². The second kappa shape index (κ2) is 7.27. The molecule has 2 aromatic rings. The lowest BCUT2D eigenvalue weighted by Crippen LogP contribution is -2.19. The second-order valence-corrected chi connectivity index (χ2v) is 5.96. The molecular formula is C17H12FN3O3S. The van der Waals surface area contributed by atoms with E-state index in [0.29, 0.717) is 5.39 Å². The van der Waals surface area contributed by atoms with Gasteiger partial charge in [0.25, 0.3) is 5.91 Å². The van der Waals surface area contributed by atoms with Gasteiger partial charge in [0, 0.05) is 17.0 Å². The number of hydrogen-bond acceptors (Lipinski definition) is 6. The Morgan fingerprint density at radius 1 is 1.28 bits per heavy atom. The smallest absolute Gasteiger partial charge is 0.331 e. The number of carbonyl (C=O) groups excluding carboxylic acids is 2. The number of esters is 1. The highest BCUT2D eigenvalue weighted by atomic mass is 32.2. The summed E-state index contributed by atoms with van der Waals surface area (Å²) in [6.45, 7) is 0. The van der Waals surface area contributed by atoms with Crippen LogP contribution >= 0.6 is 11.8 Å². The van der Waals surface area contributed by atoms with Crippen molar-refractivity contribution in [3.63, 3.8) is 0 Å². The fourth-order valence-electron chi connectivity index (χ4n) is 2.13. The van der Waals surface area contributed by atoms with Crippen LogP contribution in [0.5, 0.6) is 0 Å². The molecule has 0 radical (unpaired) electrons. The maximum atomic E-state index is 14.4. The number of hydrogen-bond donors (Lipinski definition) is 1. The number of rotatable bonds is 3. The summed E-state index contributed by atoms with van der Waals surface area (Å²) in [7, 11) is 1.22. The lowest BCUT2D eigenvalue weighted by Gasteiger charge is -2.01. The second-order valence-electron chi connectivity index (χ2n) is 4.93. The molecule has 3 rings (SSSR count). The van der Waals surface area contributed by atoms with Crippen LogP contribution in [0.2, 0.25) is 0 Å². The number of amidine groups is 1. The van der Waals surface area contributed by atoms with Crippen molar-refractivity contribution in [3.8, 4) is 0 Å². The van der Waals surface area contributed by atoms with Gasteiger partial charge in [0.05, 0.1) is 18.2 Å². The summed E-state index contributed by atoms with van der Waals surface area (Å²) in [6.07, 6.45) is 2.33. The first-order valence-corrected chi connectivity index (χ1v) is 7.97. The molecule has 1 amide bonds. The van der Waals surface area contributed by atoms with E-state index in [1.165, 1.54) is 13.3 Å². The highest BCUT2D eigenvalue weighted by molar-refractivity contribution is 8.18. The molecule has 0 spiro atoms. The lowest BCUT2D eigenvalue weighted by atomic mass is 10.1. The number of halogens is 1. The van der Waals surface area contributed by atoms with Crippen molar-refractivity contribution in [2.45, 2.75) is 0 Å². The Bertz CT molecular complexity index is 953. The lowest BCUT2D eigenvalue weighted by molar-refractivity contribution is -0.135. The van der Waals surface area contributed by atoms with Crippen LogP contribution in [-0.2, 0) is 14.3 Å². The van der Waals surface area contributed by atoms with Crippen LogP contribution in [0, 0.1) is 5.82 Å². The summed E-state index contributed by atoms with van der Waals surface area (Å²) in [5.74, 6) is -1.50. The fraction of sp³-hybridized carbons (Fsp3) is 0.0588. The van der Waals surface area contributed by atoms with E-state index in [9.17, 15) is 14.0 Å². The molecular weight excluding hydrogens is 345 g/mol. The number of carbonyl (C=O) groups is 2. The Kier molecular flexibility index (Phi) is 4.90. The first kappa shape index (κ1) is 16.8. The minimum atomic E-state index is -0.638. The molecule has 0 saturated carbocycles. The monoisotopic (exact) mass is 357 g/mol. The van der Waals surface area contributed by atoms with E-state index in [-0.39, 0.29) is 15.6 Å². The van der Waals surface area contributed by atoms with Crippen molar-refractivity contribution in [1.82, 2.24) is 5.32 Å². The summed E-state index contributed by atoms with van der Waals surface area (Å²) in [5.41, 5.74) is 0.280. The summed E-state index contributed by atoms with van der Waals surface area (Å²) in [5, 5.41) is 11.6. The highest BCUT2D eigenvalue weighted by Crippen LogP contribution is 2.23. The van der Waals surface area contributed by atoms with E-state index in [0.717, 1.165) is 23.2 Å². The van der Waals surface area contributed by atoms with E-state index in [1.807, 2.05) is 12.1 Å². The molecule has 1 heterocycles. The van der Waals surface area contributed by atoms with Crippen molar-refractivity contribution >= 4 is 45.8 Å². The number of benzene rings is 2. The predicted octanol–water partition coefficient (Wildman–Crippen LogP) is 2.59. The van der Waals surface area contributed by atoms with Gasteiger partial charge in [-0.3, -0.25) is 10.1 Å². The fourth-order valence-corrected chi connectivity index (χ4v) is 2.87. The number of thioether (sulfide) groups is 1. The molecule has 2 aromatic carbocycles. The van der Waals surface area contributed by atoms with Gasteiger partial charge in [0.1, 0.15) is 5.82 Å². The summed E-state index contributed by atoms with van der Waals surface area (Å²) in [6, 6.07) is 10.5. The molecule has 0 aromatic heterocycles. The van der Waals surface area contributed by atoms with Crippen LogP contribution in [0.25, 0.3) is 10.8 Å². The van der Waals surface area contributed by atoms with Crippen LogP contribution in [0.15, 0.2) is 57.6 Å². The molecule has 8 heteroatoms. The Balaban J connectivity index is 1.78. The van der Waals surface area contributed by atoms with E-state index >= 15 is 0 Å². The Morgan fingerprint density at radius 2 is 2.08 bits per heavy atom. The third-order valence-electron chi connectivity index (χ3n) is 3.34. The topological polar surface area (TPSA) is 80.1 Å². The minimum Gasteiger partial charge on any atom is -0.466 e.